The first-order chi connectivity index (χ1) is 9.11. The molecule has 0 atom stereocenters. The Morgan fingerprint density at radius 3 is 2.95 bits per heavy atom. The van der Waals surface area contributed by atoms with Gasteiger partial charge in [0.1, 0.15) is 5.82 Å². The molecule has 0 saturated heterocycles. The van der Waals surface area contributed by atoms with Crippen molar-refractivity contribution in [2.24, 2.45) is 7.05 Å². The number of aromatic nitrogens is 4. The van der Waals surface area contributed by atoms with Crippen LogP contribution in [0.5, 0.6) is 0 Å². The minimum absolute atomic E-state index is 0.213. The molecule has 100 valence electrons. The third kappa shape index (κ3) is 3.08. The van der Waals surface area contributed by atoms with Gasteiger partial charge < -0.3 is 4.74 Å². The molecule has 2 rings (SSSR count). The summed E-state index contributed by atoms with van der Waals surface area (Å²) in [5, 5.41) is 11.6. The molecular formula is C11H11FN4O2S. The molecule has 6 nitrogen and oxygen atoms in total. The zero-order valence-corrected chi connectivity index (χ0v) is 11.1. The monoisotopic (exact) mass is 282 g/mol. The minimum Gasteiger partial charge on any atom is -0.465 e. The van der Waals surface area contributed by atoms with Crippen LogP contribution in [0.1, 0.15) is 15.9 Å². The van der Waals surface area contributed by atoms with Gasteiger partial charge >= 0.3 is 5.97 Å². The van der Waals surface area contributed by atoms with Gasteiger partial charge in [-0.15, -0.1) is 5.10 Å². The summed E-state index contributed by atoms with van der Waals surface area (Å²) < 4.78 is 19.3. The second kappa shape index (κ2) is 5.79. The van der Waals surface area contributed by atoms with E-state index >= 15 is 0 Å². The number of aryl methyl sites for hydroxylation is 1. The number of halogens is 1. The molecule has 0 spiro atoms. The average molecular weight is 282 g/mol. The van der Waals surface area contributed by atoms with E-state index in [1.807, 2.05) is 0 Å². The molecule has 0 amide bonds. The lowest BCUT2D eigenvalue weighted by Gasteiger charge is -2.07. The van der Waals surface area contributed by atoms with Crippen LogP contribution in [0.2, 0.25) is 0 Å². The Bertz CT molecular complexity index is 602. The van der Waals surface area contributed by atoms with E-state index < -0.39 is 11.8 Å². The normalized spacial score (nSPS) is 10.5. The highest BCUT2D eigenvalue weighted by molar-refractivity contribution is 7.98. The molecular weight excluding hydrogens is 271 g/mol. The number of thioether (sulfide) groups is 1. The Morgan fingerprint density at radius 1 is 1.53 bits per heavy atom. The zero-order chi connectivity index (χ0) is 13.8. The molecule has 2 aromatic rings. The highest BCUT2D eigenvalue weighted by Gasteiger charge is 2.14. The molecule has 1 aromatic heterocycles. The number of hydrogen-bond donors (Lipinski definition) is 0. The molecule has 0 aliphatic heterocycles. The molecule has 0 unspecified atom stereocenters. The number of esters is 1. The molecule has 1 heterocycles. The molecule has 0 aliphatic rings. The lowest BCUT2D eigenvalue weighted by molar-refractivity contribution is 0.0599. The van der Waals surface area contributed by atoms with E-state index in [-0.39, 0.29) is 5.56 Å². The van der Waals surface area contributed by atoms with Crippen molar-refractivity contribution < 1.29 is 13.9 Å². The molecule has 0 bridgehead atoms. The SMILES string of the molecule is COC(=O)c1cc(F)ccc1CSc1nnnn1C. The van der Waals surface area contributed by atoms with Gasteiger partial charge in [0.25, 0.3) is 0 Å². The van der Waals surface area contributed by atoms with Gasteiger partial charge in [-0.25, -0.2) is 13.9 Å². The lowest BCUT2D eigenvalue weighted by atomic mass is 10.1. The summed E-state index contributed by atoms with van der Waals surface area (Å²) in [6, 6.07) is 4.02. The van der Waals surface area contributed by atoms with Crippen LogP contribution < -0.4 is 0 Å². The van der Waals surface area contributed by atoms with Gasteiger partial charge in [0.2, 0.25) is 5.16 Å². The van der Waals surface area contributed by atoms with Crippen molar-refractivity contribution in [3.8, 4) is 0 Å². The first-order valence-corrected chi connectivity index (χ1v) is 6.32. The number of carbonyl (C=O) groups is 1. The van der Waals surface area contributed by atoms with Gasteiger partial charge in [0, 0.05) is 12.8 Å². The van der Waals surface area contributed by atoms with Crippen LogP contribution in [-0.4, -0.2) is 33.3 Å². The van der Waals surface area contributed by atoms with Crippen molar-refractivity contribution in [3.05, 3.63) is 35.1 Å². The maximum atomic E-state index is 13.2. The van der Waals surface area contributed by atoms with E-state index in [2.05, 4.69) is 20.3 Å². The van der Waals surface area contributed by atoms with Gasteiger partial charge in [-0.05, 0) is 28.1 Å². The van der Waals surface area contributed by atoms with E-state index in [4.69, 9.17) is 0 Å². The molecule has 0 radical (unpaired) electrons. The fourth-order valence-corrected chi connectivity index (χ4v) is 2.31. The number of methoxy groups -OCH3 is 1. The number of rotatable bonds is 4. The highest BCUT2D eigenvalue weighted by Crippen LogP contribution is 2.23. The molecule has 8 heteroatoms. The smallest absolute Gasteiger partial charge is 0.338 e. The summed E-state index contributed by atoms with van der Waals surface area (Å²) in [4.78, 5) is 11.6. The Labute approximate surface area is 112 Å². The van der Waals surface area contributed by atoms with Crippen LogP contribution in [0, 0.1) is 5.82 Å². The number of benzene rings is 1. The van der Waals surface area contributed by atoms with Crippen molar-refractivity contribution >= 4 is 17.7 Å². The van der Waals surface area contributed by atoms with Gasteiger partial charge in [0.05, 0.1) is 12.7 Å². The van der Waals surface area contributed by atoms with Crippen molar-refractivity contribution in [1.29, 1.82) is 0 Å². The molecule has 0 saturated carbocycles. The summed E-state index contributed by atoms with van der Waals surface area (Å²) >= 11 is 1.35. The van der Waals surface area contributed by atoms with E-state index in [0.29, 0.717) is 16.5 Å². The van der Waals surface area contributed by atoms with Crippen LogP contribution in [0.3, 0.4) is 0 Å². The van der Waals surface area contributed by atoms with E-state index in [1.165, 1.54) is 29.6 Å². The summed E-state index contributed by atoms with van der Waals surface area (Å²) in [5.74, 6) is -0.598. The lowest BCUT2D eigenvalue weighted by Crippen LogP contribution is -2.06. The van der Waals surface area contributed by atoms with Crippen LogP contribution >= 0.6 is 11.8 Å². The van der Waals surface area contributed by atoms with Crippen molar-refractivity contribution in [1.82, 2.24) is 20.2 Å². The van der Waals surface area contributed by atoms with Crippen molar-refractivity contribution in [3.63, 3.8) is 0 Å². The second-order valence-corrected chi connectivity index (χ2v) is 4.61. The highest BCUT2D eigenvalue weighted by atomic mass is 32.2. The van der Waals surface area contributed by atoms with Crippen molar-refractivity contribution in [2.75, 3.05) is 7.11 Å². The van der Waals surface area contributed by atoms with Crippen LogP contribution in [0.25, 0.3) is 0 Å². The maximum Gasteiger partial charge on any atom is 0.338 e. The van der Waals surface area contributed by atoms with Gasteiger partial charge in [-0.3, -0.25) is 0 Å². The maximum absolute atomic E-state index is 13.2. The fourth-order valence-electron chi connectivity index (χ4n) is 1.46. The van der Waals surface area contributed by atoms with Gasteiger partial charge in [-0.2, -0.15) is 0 Å². The molecule has 19 heavy (non-hydrogen) atoms. The first-order valence-electron chi connectivity index (χ1n) is 5.33. The van der Waals surface area contributed by atoms with E-state index in [9.17, 15) is 9.18 Å². The van der Waals surface area contributed by atoms with E-state index in [1.54, 1.807) is 13.1 Å². The Kier molecular flexibility index (Phi) is 4.10. The summed E-state index contributed by atoms with van der Waals surface area (Å²) in [6.07, 6.45) is 0. The predicted molar refractivity (Wildman–Crippen MR) is 66.1 cm³/mol. The number of carbonyl (C=O) groups excluding carboxylic acids is 1. The predicted octanol–water partition coefficient (Wildman–Crippen LogP) is 1.43. The summed E-state index contributed by atoms with van der Waals surface area (Å²) in [7, 11) is 2.98. The number of nitrogens with zero attached hydrogens (tertiary/aromatic N) is 4. The fraction of sp³-hybridized carbons (Fsp3) is 0.273. The second-order valence-electron chi connectivity index (χ2n) is 3.67. The largest absolute Gasteiger partial charge is 0.465 e. The number of hydrogen-bond acceptors (Lipinski definition) is 6. The average Bonchev–Trinajstić information content (AvgIpc) is 2.82. The van der Waals surface area contributed by atoms with Crippen LogP contribution in [0.15, 0.2) is 23.4 Å². The molecule has 0 aliphatic carbocycles. The third-order valence-corrected chi connectivity index (χ3v) is 3.47. The summed E-state index contributed by atoms with van der Waals surface area (Å²) in [5.41, 5.74) is 0.881. The quantitative estimate of drug-likeness (QED) is 0.624. The van der Waals surface area contributed by atoms with Crippen molar-refractivity contribution in [2.45, 2.75) is 10.9 Å². The van der Waals surface area contributed by atoms with Gasteiger partial charge in [-0.1, -0.05) is 17.8 Å². The number of tetrazole rings is 1. The minimum atomic E-state index is -0.564. The third-order valence-electron chi connectivity index (χ3n) is 2.42. The number of ether oxygens (including phenoxy) is 1. The summed E-state index contributed by atoms with van der Waals surface area (Å²) in [6.45, 7) is 0. The first kappa shape index (κ1) is 13.5. The van der Waals surface area contributed by atoms with E-state index in [0.717, 1.165) is 6.07 Å². The topological polar surface area (TPSA) is 69.9 Å². The van der Waals surface area contributed by atoms with Crippen LogP contribution in [-0.2, 0) is 17.5 Å². The zero-order valence-electron chi connectivity index (χ0n) is 10.3. The Morgan fingerprint density at radius 2 is 2.32 bits per heavy atom. The molecule has 0 fully saturated rings. The van der Waals surface area contributed by atoms with Gasteiger partial charge in [0.15, 0.2) is 0 Å². The Balaban J connectivity index is 2.20. The van der Waals surface area contributed by atoms with Crippen LogP contribution in [0.4, 0.5) is 4.39 Å². The Hall–Kier alpha value is -1.96. The standard InChI is InChI=1S/C11H11FN4O2S/c1-16-11(13-14-15-16)19-6-7-3-4-8(12)5-9(7)10(17)18-2/h3-5H,6H2,1-2H3. The molecule has 0 N–H and O–H groups in total. The molecule has 1 aromatic carbocycles.